The molecule has 0 amide bonds. The number of benzene rings is 1. The average molecular weight is 303 g/mol. The Morgan fingerprint density at radius 2 is 2.24 bits per heavy atom. The van der Waals surface area contributed by atoms with Crippen LogP contribution in [0.3, 0.4) is 0 Å². The van der Waals surface area contributed by atoms with Gasteiger partial charge in [0.2, 0.25) is 5.88 Å². The van der Waals surface area contributed by atoms with E-state index in [9.17, 15) is 9.50 Å². The summed E-state index contributed by atoms with van der Waals surface area (Å²) in [6, 6.07) is 2.55. The van der Waals surface area contributed by atoms with Crippen LogP contribution in [-0.2, 0) is 0 Å². The standard InChI is InChI=1S/C10H8BrFN2O3/c1-16-10-8(6-3-7(13)17-14-6)4(11)2-5(12)9(10)15/h2-3,15H,13H2,1H3. The van der Waals surface area contributed by atoms with Gasteiger partial charge in [-0.25, -0.2) is 4.39 Å². The number of phenols is 1. The first-order valence-corrected chi connectivity index (χ1v) is 5.31. The molecule has 5 nitrogen and oxygen atoms in total. The third kappa shape index (κ3) is 1.93. The van der Waals surface area contributed by atoms with Crippen molar-refractivity contribution >= 4 is 21.8 Å². The Kier molecular flexibility index (Phi) is 2.93. The minimum atomic E-state index is -0.797. The van der Waals surface area contributed by atoms with Gasteiger partial charge in [-0.1, -0.05) is 5.16 Å². The van der Waals surface area contributed by atoms with Gasteiger partial charge in [0.1, 0.15) is 5.69 Å². The van der Waals surface area contributed by atoms with Crippen LogP contribution in [0.25, 0.3) is 11.3 Å². The number of hydrogen-bond donors (Lipinski definition) is 2. The second-order valence-electron chi connectivity index (χ2n) is 3.21. The normalized spacial score (nSPS) is 10.5. The summed E-state index contributed by atoms with van der Waals surface area (Å²) in [6.07, 6.45) is 0. The summed E-state index contributed by atoms with van der Waals surface area (Å²) in [6.45, 7) is 0. The quantitative estimate of drug-likeness (QED) is 0.891. The third-order valence-electron chi connectivity index (χ3n) is 2.15. The number of hydrogen-bond acceptors (Lipinski definition) is 5. The van der Waals surface area contributed by atoms with Gasteiger partial charge in [-0.15, -0.1) is 0 Å². The molecule has 0 spiro atoms. The molecular formula is C10H8BrFN2O3. The summed E-state index contributed by atoms with van der Waals surface area (Å²) >= 11 is 3.17. The smallest absolute Gasteiger partial charge is 0.222 e. The van der Waals surface area contributed by atoms with Gasteiger partial charge >= 0.3 is 0 Å². The molecule has 0 bridgehead atoms. The number of aromatic hydroxyl groups is 1. The number of phenolic OH excluding ortho intramolecular Hbond substituents is 1. The van der Waals surface area contributed by atoms with E-state index in [1.807, 2.05) is 0 Å². The van der Waals surface area contributed by atoms with Crippen molar-refractivity contribution in [2.45, 2.75) is 0 Å². The fourth-order valence-electron chi connectivity index (χ4n) is 1.43. The van der Waals surface area contributed by atoms with Gasteiger partial charge in [-0.05, 0) is 22.0 Å². The van der Waals surface area contributed by atoms with Crippen LogP contribution in [0.15, 0.2) is 21.1 Å². The lowest BCUT2D eigenvalue weighted by Crippen LogP contribution is -1.93. The van der Waals surface area contributed by atoms with E-state index in [4.69, 9.17) is 15.0 Å². The highest BCUT2D eigenvalue weighted by molar-refractivity contribution is 9.10. The Hall–Kier alpha value is -1.76. The average Bonchev–Trinajstić information content (AvgIpc) is 2.69. The van der Waals surface area contributed by atoms with Gasteiger partial charge < -0.3 is 20.1 Å². The van der Waals surface area contributed by atoms with Crippen molar-refractivity contribution in [3.8, 4) is 22.8 Å². The van der Waals surface area contributed by atoms with Crippen molar-refractivity contribution < 1.29 is 18.8 Å². The summed E-state index contributed by atoms with van der Waals surface area (Å²) in [5.74, 6) is -1.32. The van der Waals surface area contributed by atoms with Crippen LogP contribution in [0.4, 0.5) is 10.3 Å². The summed E-state index contributed by atoms with van der Waals surface area (Å²) in [4.78, 5) is 0. The zero-order chi connectivity index (χ0) is 12.6. The van der Waals surface area contributed by atoms with E-state index in [2.05, 4.69) is 21.1 Å². The number of nitrogen functional groups attached to an aromatic ring is 1. The molecule has 0 unspecified atom stereocenters. The van der Waals surface area contributed by atoms with Crippen LogP contribution in [-0.4, -0.2) is 17.4 Å². The molecule has 17 heavy (non-hydrogen) atoms. The molecule has 3 N–H and O–H groups in total. The van der Waals surface area contributed by atoms with Crippen LogP contribution in [0.2, 0.25) is 0 Å². The van der Waals surface area contributed by atoms with Gasteiger partial charge in [-0.2, -0.15) is 0 Å². The zero-order valence-corrected chi connectivity index (χ0v) is 10.3. The third-order valence-corrected chi connectivity index (χ3v) is 2.77. The molecule has 2 rings (SSSR count). The topological polar surface area (TPSA) is 81.5 Å². The molecule has 0 radical (unpaired) electrons. The summed E-state index contributed by atoms with van der Waals surface area (Å²) in [5.41, 5.74) is 6.11. The number of ether oxygens (including phenoxy) is 1. The molecular weight excluding hydrogens is 295 g/mol. The molecule has 1 aromatic heterocycles. The minimum absolute atomic E-state index is 0.0369. The number of nitrogens with zero attached hydrogens (tertiary/aromatic N) is 1. The van der Waals surface area contributed by atoms with E-state index in [0.29, 0.717) is 15.7 Å². The Morgan fingerprint density at radius 1 is 1.53 bits per heavy atom. The molecule has 90 valence electrons. The molecule has 0 atom stereocenters. The van der Waals surface area contributed by atoms with E-state index >= 15 is 0 Å². The Labute approximate surface area is 104 Å². The Balaban J connectivity index is 2.72. The van der Waals surface area contributed by atoms with Crippen LogP contribution in [0, 0.1) is 5.82 Å². The molecule has 2 aromatic rings. The van der Waals surface area contributed by atoms with Gasteiger partial charge in [0.25, 0.3) is 0 Å². The highest BCUT2D eigenvalue weighted by Crippen LogP contribution is 2.43. The van der Waals surface area contributed by atoms with Gasteiger partial charge in [-0.3, -0.25) is 0 Å². The van der Waals surface area contributed by atoms with Crippen LogP contribution in [0.1, 0.15) is 0 Å². The van der Waals surface area contributed by atoms with Crippen molar-refractivity contribution in [3.05, 3.63) is 22.4 Å². The predicted octanol–water partition coefficient (Wildman–Crippen LogP) is 2.54. The number of halogens is 2. The SMILES string of the molecule is COc1c(O)c(F)cc(Br)c1-c1cc(N)on1. The number of methoxy groups -OCH3 is 1. The van der Waals surface area contributed by atoms with Crippen LogP contribution < -0.4 is 10.5 Å². The van der Waals surface area contributed by atoms with Gasteiger partial charge in [0.05, 0.1) is 12.7 Å². The highest BCUT2D eigenvalue weighted by Gasteiger charge is 2.21. The fourth-order valence-corrected chi connectivity index (χ4v) is 2.02. The maximum atomic E-state index is 13.3. The Morgan fingerprint density at radius 3 is 2.76 bits per heavy atom. The van der Waals surface area contributed by atoms with Crippen molar-refractivity contribution in [2.24, 2.45) is 0 Å². The van der Waals surface area contributed by atoms with E-state index in [-0.39, 0.29) is 11.6 Å². The van der Waals surface area contributed by atoms with Crippen molar-refractivity contribution in [1.29, 1.82) is 0 Å². The molecule has 0 aliphatic rings. The molecule has 0 fully saturated rings. The van der Waals surface area contributed by atoms with E-state index < -0.39 is 11.6 Å². The molecule has 0 aliphatic heterocycles. The lowest BCUT2D eigenvalue weighted by Gasteiger charge is -2.10. The maximum Gasteiger partial charge on any atom is 0.222 e. The summed E-state index contributed by atoms with van der Waals surface area (Å²) in [7, 11) is 1.31. The van der Waals surface area contributed by atoms with Gasteiger partial charge in [0.15, 0.2) is 17.3 Å². The second-order valence-corrected chi connectivity index (χ2v) is 4.07. The van der Waals surface area contributed by atoms with E-state index in [0.717, 1.165) is 6.07 Å². The van der Waals surface area contributed by atoms with Crippen LogP contribution in [0.5, 0.6) is 11.5 Å². The fraction of sp³-hybridized carbons (Fsp3) is 0.100. The first-order valence-electron chi connectivity index (χ1n) is 4.52. The summed E-state index contributed by atoms with van der Waals surface area (Å²) < 4.78 is 23.4. The largest absolute Gasteiger partial charge is 0.502 e. The Bertz CT molecular complexity index is 571. The van der Waals surface area contributed by atoms with E-state index in [1.165, 1.54) is 13.2 Å². The molecule has 7 heteroatoms. The lowest BCUT2D eigenvalue weighted by molar-refractivity contribution is 0.357. The van der Waals surface area contributed by atoms with Crippen molar-refractivity contribution in [1.82, 2.24) is 5.16 Å². The monoisotopic (exact) mass is 302 g/mol. The van der Waals surface area contributed by atoms with Gasteiger partial charge in [0, 0.05) is 10.5 Å². The van der Waals surface area contributed by atoms with Crippen molar-refractivity contribution in [2.75, 3.05) is 12.8 Å². The summed E-state index contributed by atoms with van der Waals surface area (Å²) in [5, 5.41) is 13.2. The number of anilines is 1. The molecule has 0 saturated carbocycles. The molecule has 0 aliphatic carbocycles. The van der Waals surface area contributed by atoms with E-state index in [1.54, 1.807) is 0 Å². The number of aromatic nitrogens is 1. The molecule has 0 saturated heterocycles. The van der Waals surface area contributed by atoms with Crippen molar-refractivity contribution in [3.63, 3.8) is 0 Å². The molecule has 1 heterocycles. The van der Waals surface area contributed by atoms with Crippen LogP contribution >= 0.6 is 15.9 Å². The second kappa shape index (κ2) is 4.25. The first-order chi connectivity index (χ1) is 8.04. The maximum absolute atomic E-state index is 13.3. The number of rotatable bonds is 2. The predicted molar refractivity (Wildman–Crippen MR) is 62.2 cm³/mol. The highest BCUT2D eigenvalue weighted by atomic mass is 79.9. The number of nitrogens with two attached hydrogens (primary N) is 1. The lowest BCUT2D eigenvalue weighted by atomic mass is 10.1. The first kappa shape index (κ1) is 11.7. The molecule has 1 aromatic carbocycles. The minimum Gasteiger partial charge on any atom is -0.502 e. The zero-order valence-electron chi connectivity index (χ0n) is 8.70.